The van der Waals surface area contributed by atoms with Gasteiger partial charge >= 0.3 is 6.18 Å². The van der Waals surface area contributed by atoms with Gasteiger partial charge in [-0.2, -0.15) is 13.2 Å². The SMILES string of the molecule is OC(CC1=CCCCC1)c1cnccc1C(F)(F)F. The monoisotopic (exact) mass is 271 g/mol. The highest BCUT2D eigenvalue weighted by atomic mass is 19.4. The molecule has 1 atom stereocenters. The number of aliphatic hydroxyl groups excluding tert-OH is 1. The van der Waals surface area contributed by atoms with Gasteiger partial charge in [0.15, 0.2) is 0 Å². The summed E-state index contributed by atoms with van der Waals surface area (Å²) in [4.78, 5) is 3.69. The van der Waals surface area contributed by atoms with Crippen molar-refractivity contribution in [3.63, 3.8) is 0 Å². The average Bonchev–Trinajstić information content (AvgIpc) is 2.39. The van der Waals surface area contributed by atoms with Gasteiger partial charge in [0.25, 0.3) is 0 Å². The van der Waals surface area contributed by atoms with Gasteiger partial charge in [0.1, 0.15) is 0 Å². The molecular weight excluding hydrogens is 255 g/mol. The lowest BCUT2D eigenvalue weighted by Gasteiger charge is -2.19. The Hall–Kier alpha value is -1.36. The molecule has 1 unspecified atom stereocenters. The molecule has 0 radical (unpaired) electrons. The predicted molar refractivity (Wildman–Crippen MR) is 65.4 cm³/mol. The molecule has 1 N–H and O–H groups in total. The van der Waals surface area contributed by atoms with Crippen LogP contribution in [0.25, 0.3) is 0 Å². The van der Waals surface area contributed by atoms with E-state index in [-0.39, 0.29) is 12.0 Å². The Balaban J connectivity index is 2.19. The number of aromatic nitrogens is 1. The van der Waals surface area contributed by atoms with Crippen LogP contribution in [0.3, 0.4) is 0 Å². The average molecular weight is 271 g/mol. The summed E-state index contributed by atoms with van der Waals surface area (Å²) in [5.41, 5.74) is 0.101. The summed E-state index contributed by atoms with van der Waals surface area (Å²) in [6, 6.07) is 0.911. The predicted octanol–water partition coefficient (Wildman–Crippen LogP) is 4.02. The molecule has 104 valence electrons. The third-order valence-electron chi connectivity index (χ3n) is 3.36. The molecule has 0 saturated carbocycles. The fourth-order valence-electron chi connectivity index (χ4n) is 2.38. The molecule has 1 aromatic heterocycles. The van der Waals surface area contributed by atoms with Crippen LogP contribution in [0.15, 0.2) is 30.1 Å². The molecule has 19 heavy (non-hydrogen) atoms. The van der Waals surface area contributed by atoms with E-state index in [1.807, 2.05) is 6.08 Å². The first kappa shape index (κ1) is 14.1. The Morgan fingerprint density at radius 1 is 1.32 bits per heavy atom. The zero-order chi connectivity index (χ0) is 13.9. The van der Waals surface area contributed by atoms with E-state index in [1.54, 1.807) is 0 Å². The van der Waals surface area contributed by atoms with Crippen LogP contribution in [-0.4, -0.2) is 10.1 Å². The van der Waals surface area contributed by atoms with Gasteiger partial charge in [-0.25, -0.2) is 0 Å². The molecule has 2 nitrogen and oxygen atoms in total. The maximum Gasteiger partial charge on any atom is 0.416 e. The molecule has 1 heterocycles. The zero-order valence-electron chi connectivity index (χ0n) is 10.5. The third-order valence-corrected chi connectivity index (χ3v) is 3.36. The van der Waals surface area contributed by atoms with Gasteiger partial charge in [0.05, 0.1) is 11.7 Å². The Labute approximate surface area is 110 Å². The Morgan fingerprint density at radius 3 is 2.74 bits per heavy atom. The standard InChI is InChI=1S/C14H16F3NO/c15-14(16,17)12-6-7-18-9-11(12)13(19)8-10-4-2-1-3-5-10/h4,6-7,9,13,19H,1-3,5,8H2. The number of hydrogen-bond acceptors (Lipinski definition) is 2. The van der Waals surface area contributed by atoms with E-state index in [4.69, 9.17) is 0 Å². The van der Waals surface area contributed by atoms with Crippen LogP contribution >= 0.6 is 0 Å². The van der Waals surface area contributed by atoms with E-state index in [9.17, 15) is 18.3 Å². The van der Waals surface area contributed by atoms with Gasteiger partial charge < -0.3 is 5.11 Å². The van der Waals surface area contributed by atoms with Gasteiger partial charge in [-0.05, 0) is 38.2 Å². The van der Waals surface area contributed by atoms with E-state index < -0.39 is 17.8 Å². The summed E-state index contributed by atoms with van der Waals surface area (Å²) in [6.07, 6.45) is 2.84. The molecule has 5 heteroatoms. The zero-order valence-corrected chi connectivity index (χ0v) is 10.5. The van der Waals surface area contributed by atoms with Crippen molar-refractivity contribution in [3.05, 3.63) is 41.2 Å². The van der Waals surface area contributed by atoms with E-state index in [2.05, 4.69) is 4.98 Å². The van der Waals surface area contributed by atoms with Crippen molar-refractivity contribution in [2.45, 2.75) is 44.4 Å². The fraction of sp³-hybridized carbons (Fsp3) is 0.500. The minimum Gasteiger partial charge on any atom is -0.388 e. The molecule has 2 rings (SSSR count). The second-order valence-electron chi connectivity index (χ2n) is 4.79. The molecule has 1 aliphatic rings. The number of rotatable bonds is 3. The molecule has 0 aliphatic heterocycles. The molecule has 1 aromatic rings. The van der Waals surface area contributed by atoms with E-state index >= 15 is 0 Å². The maximum absolute atomic E-state index is 12.8. The van der Waals surface area contributed by atoms with Crippen molar-refractivity contribution in [2.24, 2.45) is 0 Å². The van der Waals surface area contributed by atoms with Crippen molar-refractivity contribution >= 4 is 0 Å². The lowest BCUT2D eigenvalue weighted by atomic mass is 9.92. The smallest absolute Gasteiger partial charge is 0.388 e. The fourth-order valence-corrected chi connectivity index (χ4v) is 2.38. The highest BCUT2D eigenvalue weighted by molar-refractivity contribution is 5.29. The topological polar surface area (TPSA) is 33.1 Å². The van der Waals surface area contributed by atoms with Crippen molar-refractivity contribution in [1.29, 1.82) is 0 Å². The van der Waals surface area contributed by atoms with Gasteiger partial charge in [0.2, 0.25) is 0 Å². The van der Waals surface area contributed by atoms with E-state index in [1.165, 1.54) is 0 Å². The summed E-state index contributed by atoms with van der Waals surface area (Å²) < 4.78 is 38.5. The van der Waals surface area contributed by atoms with E-state index in [0.29, 0.717) is 0 Å². The molecule has 1 aliphatic carbocycles. The number of pyridine rings is 1. The molecule has 0 spiro atoms. The van der Waals surface area contributed by atoms with Crippen molar-refractivity contribution in [1.82, 2.24) is 4.98 Å². The highest BCUT2D eigenvalue weighted by Gasteiger charge is 2.35. The lowest BCUT2D eigenvalue weighted by Crippen LogP contribution is -2.13. The largest absolute Gasteiger partial charge is 0.416 e. The number of alkyl halides is 3. The second-order valence-corrected chi connectivity index (χ2v) is 4.79. The van der Waals surface area contributed by atoms with Crippen LogP contribution in [0.1, 0.15) is 49.3 Å². The highest BCUT2D eigenvalue weighted by Crippen LogP contribution is 2.36. The number of allylic oxidation sites excluding steroid dienone is 1. The normalized spacial score (nSPS) is 18.0. The molecule has 0 bridgehead atoms. The quantitative estimate of drug-likeness (QED) is 0.842. The van der Waals surface area contributed by atoms with Crippen LogP contribution in [0.4, 0.5) is 13.2 Å². The molecular formula is C14H16F3NO. The maximum atomic E-state index is 12.8. The summed E-state index contributed by atoms with van der Waals surface area (Å²) in [7, 11) is 0. The van der Waals surface area contributed by atoms with Crippen molar-refractivity contribution in [2.75, 3.05) is 0 Å². The number of halogens is 3. The molecule has 0 aromatic carbocycles. The van der Waals surface area contributed by atoms with Gasteiger partial charge in [-0.15, -0.1) is 0 Å². The number of aliphatic hydroxyl groups is 1. The van der Waals surface area contributed by atoms with Crippen LogP contribution in [0.5, 0.6) is 0 Å². The first-order valence-corrected chi connectivity index (χ1v) is 6.35. The van der Waals surface area contributed by atoms with Gasteiger partial charge in [0, 0.05) is 18.0 Å². The Bertz CT molecular complexity index is 468. The minimum atomic E-state index is -4.46. The van der Waals surface area contributed by atoms with Gasteiger partial charge in [-0.3, -0.25) is 4.98 Å². The third kappa shape index (κ3) is 3.56. The Morgan fingerprint density at radius 2 is 2.11 bits per heavy atom. The van der Waals surface area contributed by atoms with Crippen molar-refractivity contribution in [3.8, 4) is 0 Å². The lowest BCUT2D eigenvalue weighted by molar-refractivity contribution is -0.139. The summed E-state index contributed by atoms with van der Waals surface area (Å²) in [5.74, 6) is 0. The van der Waals surface area contributed by atoms with Crippen LogP contribution in [0, 0.1) is 0 Å². The van der Waals surface area contributed by atoms with Crippen LogP contribution < -0.4 is 0 Å². The molecule has 0 saturated heterocycles. The first-order valence-electron chi connectivity index (χ1n) is 6.35. The molecule has 0 fully saturated rings. The summed E-state index contributed by atoms with van der Waals surface area (Å²) in [6.45, 7) is 0. The number of nitrogens with zero attached hydrogens (tertiary/aromatic N) is 1. The second kappa shape index (κ2) is 5.74. The summed E-state index contributed by atoms with van der Waals surface area (Å²) >= 11 is 0. The van der Waals surface area contributed by atoms with E-state index in [0.717, 1.165) is 49.7 Å². The first-order chi connectivity index (χ1) is 8.98. The van der Waals surface area contributed by atoms with Gasteiger partial charge in [-0.1, -0.05) is 11.6 Å². The number of hydrogen-bond donors (Lipinski definition) is 1. The van der Waals surface area contributed by atoms with Crippen LogP contribution in [-0.2, 0) is 6.18 Å². The molecule has 0 amide bonds. The minimum absolute atomic E-state index is 0.138. The Kier molecular flexibility index (Phi) is 4.24. The van der Waals surface area contributed by atoms with Crippen LogP contribution in [0.2, 0.25) is 0 Å². The van der Waals surface area contributed by atoms with Crippen molar-refractivity contribution < 1.29 is 18.3 Å². The summed E-state index contributed by atoms with van der Waals surface area (Å²) in [5, 5.41) is 10.0.